The smallest absolute Gasteiger partial charge is 0.252 e. The minimum Gasteiger partial charge on any atom is -0.381 e. The van der Waals surface area contributed by atoms with E-state index in [2.05, 4.69) is 37.2 Å². The first-order valence-electron chi connectivity index (χ1n) is 17.3. The van der Waals surface area contributed by atoms with Crippen LogP contribution < -0.4 is 21.3 Å². The molecule has 1 aliphatic carbocycles. The fourth-order valence-corrected chi connectivity index (χ4v) is 8.01. The summed E-state index contributed by atoms with van der Waals surface area (Å²) in [5.74, 6) is 0.183. The van der Waals surface area contributed by atoms with Crippen molar-refractivity contribution < 1.29 is 19.1 Å². The molecule has 250 valence electrons. The third kappa shape index (κ3) is 8.61. The second kappa shape index (κ2) is 15.8. The number of amides is 3. The van der Waals surface area contributed by atoms with Gasteiger partial charge in [-0.15, -0.1) is 0 Å². The number of piperidine rings is 1. The standard InChI is InChI=1S/C38H47BrN4O4/c39-32-11-10-29-24-31(9-8-30(29)25-32)35(44)43-38(16-4-5-17-38)37(46)42-34(23-26-6-2-1-3-7-26)36(45)41-33(28-12-18-40-19-13-28)22-27-14-20-47-21-15-27/h1-3,6-11,24-25,27-28,33-34,40H,4-5,12-23H2,(H,41,45)(H,42,46)(H,43,44)/t33?,34-/m1/s1. The molecule has 2 atom stereocenters. The molecule has 1 unspecified atom stereocenters. The molecular formula is C38H47BrN4O4. The number of halogens is 1. The van der Waals surface area contributed by atoms with Crippen LogP contribution in [-0.4, -0.2) is 61.6 Å². The van der Waals surface area contributed by atoms with Crippen molar-refractivity contribution in [3.8, 4) is 0 Å². The second-order valence-corrected chi connectivity index (χ2v) is 14.6. The highest BCUT2D eigenvalue weighted by Gasteiger charge is 2.44. The van der Waals surface area contributed by atoms with Gasteiger partial charge in [0.25, 0.3) is 5.91 Å². The van der Waals surface area contributed by atoms with Crippen LogP contribution in [0.4, 0.5) is 0 Å². The maximum Gasteiger partial charge on any atom is 0.252 e. The van der Waals surface area contributed by atoms with E-state index in [9.17, 15) is 14.4 Å². The Morgan fingerprint density at radius 3 is 2.32 bits per heavy atom. The molecule has 0 aromatic heterocycles. The first-order chi connectivity index (χ1) is 22.9. The number of benzene rings is 3. The summed E-state index contributed by atoms with van der Waals surface area (Å²) in [7, 11) is 0. The average Bonchev–Trinajstić information content (AvgIpc) is 3.58. The predicted octanol–water partition coefficient (Wildman–Crippen LogP) is 5.67. The molecular weight excluding hydrogens is 656 g/mol. The molecule has 3 aliphatic rings. The quantitative estimate of drug-likeness (QED) is 0.206. The van der Waals surface area contributed by atoms with Gasteiger partial charge < -0.3 is 26.0 Å². The topological polar surface area (TPSA) is 109 Å². The molecule has 3 amide bonds. The van der Waals surface area contributed by atoms with Crippen molar-refractivity contribution in [1.29, 1.82) is 0 Å². The van der Waals surface area contributed by atoms with Crippen LogP contribution in [0.15, 0.2) is 71.2 Å². The lowest BCUT2D eigenvalue weighted by Gasteiger charge is -2.36. The molecule has 0 bridgehead atoms. The van der Waals surface area contributed by atoms with Crippen LogP contribution in [-0.2, 0) is 20.7 Å². The minimum absolute atomic E-state index is 0.0385. The molecule has 1 saturated carbocycles. The first kappa shape index (κ1) is 33.6. The molecule has 3 aromatic rings. The van der Waals surface area contributed by atoms with E-state index in [0.717, 1.165) is 92.1 Å². The lowest BCUT2D eigenvalue weighted by molar-refractivity contribution is -0.133. The third-order valence-corrected chi connectivity index (χ3v) is 10.9. The van der Waals surface area contributed by atoms with Crippen LogP contribution in [0.25, 0.3) is 10.8 Å². The average molecular weight is 704 g/mol. The van der Waals surface area contributed by atoms with Crippen LogP contribution in [0.3, 0.4) is 0 Å². The molecule has 0 radical (unpaired) electrons. The van der Waals surface area contributed by atoms with Gasteiger partial charge in [0.05, 0.1) is 0 Å². The number of nitrogens with one attached hydrogen (secondary N) is 4. The molecule has 2 aliphatic heterocycles. The SMILES string of the molecule is O=C(NC1(C(=O)N[C@H](Cc2ccccc2)C(=O)NC(CC2CCOCC2)C2CCNCC2)CCCC1)c1ccc2cc(Br)ccc2c1. The summed E-state index contributed by atoms with van der Waals surface area (Å²) in [6, 6.07) is 20.6. The Hall–Kier alpha value is -3.27. The molecule has 0 spiro atoms. The normalized spacial score (nSPS) is 19.9. The fourth-order valence-electron chi connectivity index (χ4n) is 7.63. The molecule has 2 heterocycles. The summed E-state index contributed by atoms with van der Waals surface area (Å²) >= 11 is 3.51. The number of carbonyl (C=O) groups is 3. The number of ether oxygens (including phenoxy) is 1. The molecule has 4 N–H and O–H groups in total. The number of rotatable bonds is 11. The van der Waals surface area contributed by atoms with Gasteiger partial charge in [0.2, 0.25) is 11.8 Å². The number of hydrogen-bond acceptors (Lipinski definition) is 5. The molecule has 3 aromatic carbocycles. The monoisotopic (exact) mass is 702 g/mol. The Balaban J connectivity index is 1.20. The van der Waals surface area contributed by atoms with E-state index in [4.69, 9.17) is 4.74 Å². The van der Waals surface area contributed by atoms with Crippen molar-refractivity contribution in [2.24, 2.45) is 11.8 Å². The van der Waals surface area contributed by atoms with Gasteiger partial charge in [0.15, 0.2) is 0 Å². The largest absolute Gasteiger partial charge is 0.381 e. The van der Waals surface area contributed by atoms with Crippen LogP contribution >= 0.6 is 15.9 Å². The van der Waals surface area contributed by atoms with Gasteiger partial charge in [-0.2, -0.15) is 0 Å². The Labute approximate surface area is 286 Å². The van der Waals surface area contributed by atoms with Gasteiger partial charge in [0.1, 0.15) is 11.6 Å². The van der Waals surface area contributed by atoms with E-state index < -0.39 is 11.6 Å². The number of fused-ring (bicyclic) bond motifs is 1. The van der Waals surface area contributed by atoms with Crippen LogP contribution in [0.1, 0.15) is 73.7 Å². The minimum atomic E-state index is -1.07. The predicted molar refractivity (Wildman–Crippen MR) is 188 cm³/mol. The van der Waals surface area contributed by atoms with Gasteiger partial charge in [0, 0.05) is 35.7 Å². The number of carbonyl (C=O) groups excluding carboxylic acids is 3. The van der Waals surface area contributed by atoms with Crippen LogP contribution in [0.5, 0.6) is 0 Å². The first-order valence-corrected chi connectivity index (χ1v) is 18.1. The summed E-state index contributed by atoms with van der Waals surface area (Å²) in [5, 5.41) is 15.2. The molecule has 2 saturated heterocycles. The summed E-state index contributed by atoms with van der Waals surface area (Å²) in [6.45, 7) is 3.45. The zero-order chi connectivity index (χ0) is 32.6. The van der Waals surface area contributed by atoms with E-state index in [0.29, 0.717) is 36.7 Å². The summed E-state index contributed by atoms with van der Waals surface area (Å²) < 4.78 is 6.59. The van der Waals surface area contributed by atoms with Gasteiger partial charge in [-0.3, -0.25) is 14.4 Å². The van der Waals surface area contributed by atoms with Crippen molar-refractivity contribution in [2.45, 2.75) is 81.8 Å². The van der Waals surface area contributed by atoms with Crippen molar-refractivity contribution in [3.63, 3.8) is 0 Å². The lowest BCUT2D eigenvalue weighted by Crippen LogP contribution is -2.62. The number of hydrogen-bond donors (Lipinski definition) is 4. The molecule has 8 nitrogen and oxygen atoms in total. The van der Waals surface area contributed by atoms with Crippen molar-refractivity contribution in [2.75, 3.05) is 26.3 Å². The maximum absolute atomic E-state index is 14.3. The highest BCUT2D eigenvalue weighted by Crippen LogP contribution is 2.32. The summed E-state index contributed by atoms with van der Waals surface area (Å²) in [4.78, 5) is 42.1. The maximum atomic E-state index is 14.3. The van der Waals surface area contributed by atoms with Crippen molar-refractivity contribution >= 4 is 44.4 Å². The lowest BCUT2D eigenvalue weighted by atomic mass is 9.82. The second-order valence-electron chi connectivity index (χ2n) is 13.7. The zero-order valence-corrected chi connectivity index (χ0v) is 28.7. The highest BCUT2D eigenvalue weighted by molar-refractivity contribution is 9.10. The Morgan fingerprint density at radius 2 is 1.57 bits per heavy atom. The van der Waals surface area contributed by atoms with E-state index in [1.54, 1.807) is 6.07 Å². The Bertz CT molecular complexity index is 1530. The molecule has 9 heteroatoms. The summed E-state index contributed by atoms with van der Waals surface area (Å²) in [5.41, 5.74) is 0.413. The third-order valence-electron chi connectivity index (χ3n) is 10.4. The van der Waals surface area contributed by atoms with Gasteiger partial charge >= 0.3 is 0 Å². The van der Waals surface area contributed by atoms with Crippen LogP contribution in [0.2, 0.25) is 0 Å². The van der Waals surface area contributed by atoms with Gasteiger partial charge in [-0.25, -0.2) is 0 Å². The zero-order valence-electron chi connectivity index (χ0n) is 27.1. The molecule has 3 fully saturated rings. The van der Waals surface area contributed by atoms with E-state index in [1.165, 1.54) is 0 Å². The van der Waals surface area contributed by atoms with E-state index >= 15 is 0 Å². The van der Waals surface area contributed by atoms with Crippen molar-refractivity contribution in [3.05, 3.63) is 82.3 Å². The van der Waals surface area contributed by atoms with Crippen molar-refractivity contribution in [1.82, 2.24) is 21.3 Å². The molecule has 6 rings (SSSR count). The molecule has 47 heavy (non-hydrogen) atoms. The summed E-state index contributed by atoms with van der Waals surface area (Å²) in [6.07, 6.45) is 8.09. The van der Waals surface area contributed by atoms with Crippen LogP contribution in [0, 0.1) is 11.8 Å². The van der Waals surface area contributed by atoms with Gasteiger partial charge in [-0.05, 0) is 110 Å². The Kier molecular flexibility index (Phi) is 11.3. The van der Waals surface area contributed by atoms with E-state index in [1.807, 2.05) is 60.7 Å². The van der Waals surface area contributed by atoms with E-state index in [-0.39, 0.29) is 23.8 Å². The highest BCUT2D eigenvalue weighted by atomic mass is 79.9. The Morgan fingerprint density at radius 1 is 0.872 bits per heavy atom. The fraction of sp³-hybridized carbons (Fsp3) is 0.500. The van der Waals surface area contributed by atoms with Gasteiger partial charge in [-0.1, -0.05) is 71.2 Å².